The molecule has 1 aliphatic rings. The molecule has 0 aliphatic heterocycles. The molecule has 0 unspecified atom stereocenters. The highest BCUT2D eigenvalue weighted by Gasteiger charge is 2.18. The summed E-state index contributed by atoms with van der Waals surface area (Å²) in [5, 5.41) is 1.30. The molecule has 1 heterocycles. The van der Waals surface area contributed by atoms with E-state index in [4.69, 9.17) is 10.2 Å². The minimum absolute atomic E-state index is 0.501. The van der Waals surface area contributed by atoms with Crippen LogP contribution in [0.1, 0.15) is 42.7 Å². The normalized spacial score (nSPS) is 14.7. The van der Waals surface area contributed by atoms with E-state index >= 15 is 0 Å². The van der Waals surface area contributed by atoms with Gasteiger partial charge in [-0.3, -0.25) is 0 Å². The van der Waals surface area contributed by atoms with Gasteiger partial charge in [0.05, 0.1) is 6.54 Å². The molecule has 0 spiro atoms. The molecule has 0 bridgehead atoms. The Hall–Kier alpha value is -1.28. The molecule has 0 radical (unpaired) electrons. The standard InChI is InChI=1S/C16H21NO/c1-10(2)6-13-14-7-11-4-3-5-12(11)8-15(14)18-16(13)9-17/h7-8,10H,3-6,9,17H2,1-2H3. The van der Waals surface area contributed by atoms with E-state index in [0.717, 1.165) is 17.8 Å². The van der Waals surface area contributed by atoms with Gasteiger partial charge in [-0.2, -0.15) is 0 Å². The molecule has 0 fully saturated rings. The molecule has 96 valence electrons. The van der Waals surface area contributed by atoms with Crippen LogP contribution in [0.5, 0.6) is 0 Å². The second kappa shape index (κ2) is 4.43. The fourth-order valence-electron chi connectivity index (χ4n) is 3.06. The van der Waals surface area contributed by atoms with E-state index in [1.54, 1.807) is 0 Å². The highest BCUT2D eigenvalue weighted by molar-refractivity contribution is 5.84. The van der Waals surface area contributed by atoms with Crippen molar-refractivity contribution in [3.8, 4) is 0 Å². The van der Waals surface area contributed by atoms with Gasteiger partial charge >= 0.3 is 0 Å². The maximum atomic E-state index is 5.95. The summed E-state index contributed by atoms with van der Waals surface area (Å²) in [4.78, 5) is 0. The summed E-state index contributed by atoms with van der Waals surface area (Å²) in [7, 11) is 0. The summed E-state index contributed by atoms with van der Waals surface area (Å²) in [5.41, 5.74) is 11.2. The third-order valence-electron chi connectivity index (χ3n) is 3.89. The first-order valence-corrected chi connectivity index (χ1v) is 6.95. The molecule has 2 aromatic rings. The quantitative estimate of drug-likeness (QED) is 0.895. The highest BCUT2D eigenvalue weighted by atomic mass is 16.3. The predicted molar refractivity (Wildman–Crippen MR) is 74.7 cm³/mol. The molecule has 2 nitrogen and oxygen atoms in total. The lowest BCUT2D eigenvalue weighted by Gasteiger charge is -2.05. The van der Waals surface area contributed by atoms with Gasteiger partial charge in [0.2, 0.25) is 0 Å². The van der Waals surface area contributed by atoms with Crippen LogP contribution in [0.15, 0.2) is 16.5 Å². The van der Waals surface area contributed by atoms with Crippen molar-refractivity contribution in [3.63, 3.8) is 0 Å². The molecule has 1 aromatic heterocycles. The van der Waals surface area contributed by atoms with E-state index in [1.807, 2.05) is 0 Å². The van der Waals surface area contributed by atoms with Crippen LogP contribution in [-0.2, 0) is 25.8 Å². The van der Waals surface area contributed by atoms with Gasteiger partial charge in [-0.05, 0) is 54.9 Å². The van der Waals surface area contributed by atoms with E-state index in [2.05, 4.69) is 26.0 Å². The van der Waals surface area contributed by atoms with E-state index in [0.29, 0.717) is 12.5 Å². The molecule has 3 rings (SSSR count). The Morgan fingerprint density at radius 2 is 1.94 bits per heavy atom. The van der Waals surface area contributed by atoms with Crippen LogP contribution in [0.2, 0.25) is 0 Å². The van der Waals surface area contributed by atoms with Gasteiger partial charge in [0.25, 0.3) is 0 Å². The third-order valence-corrected chi connectivity index (χ3v) is 3.89. The summed E-state index contributed by atoms with van der Waals surface area (Å²) < 4.78 is 5.95. The average molecular weight is 243 g/mol. The summed E-state index contributed by atoms with van der Waals surface area (Å²) in [6, 6.07) is 4.58. The van der Waals surface area contributed by atoms with Crippen molar-refractivity contribution in [1.29, 1.82) is 0 Å². The number of fused-ring (bicyclic) bond motifs is 2. The fourth-order valence-corrected chi connectivity index (χ4v) is 3.06. The van der Waals surface area contributed by atoms with Crippen LogP contribution >= 0.6 is 0 Å². The number of hydrogen-bond acceptors (Lipinski definition) is 2. The zero-order valence-electron chi connectivity index (χ0n) is 11.3. The minimum Gasteiger partial charge on any atom is -0.459 e. The minimum atomic E-state index is 0.501. The largest absolute Gasteiger partial charge is 0.459 e. The molecule has 0 amide bonds. The summed E-state index contributed by atoms with van der Waals surface area (Å²) in [5.74, 6) is 1.60. The Labute approximate surface area is 108 Å². The summed E-state index contributed by atoms with van der Waals surface area (Å²) in [6.07, 6.45) is 4.75. The van der Waals surface area contributed by atoms with Crippen LogP contribution in [0.4, 0.5) is 0 Å². The molecule has 0 atom stereocenters. The molecule has 0 saturated carbocycles. The Kier molecular flexibility index (Phi) is 2.90. The van der Waals surface area contributed by atoms with Crippen LogP contribution in [0.3, 0.4) is 0 Å². The van der Waals surface area contributed by atoms with Gasteiger partial charge in [0, 0.05) is 10.9 Å². The summed E-state index contributed by atoms with van der Waals surface area (Å²) >= 11 is 0. The number of rotatable bonds is 3. The number of furan rings is 1. The van der Waals surface area contributed by atoms with E-state index in [-0.39, 0.29) is 0 Å². The zero-order valence-corrected chi connectivity index (χ0v) is 11.3. The van der Waals surface area contributed by atoms with Gasteiger partial charge in [0.1, 0.15) is 11.3 Å². The van der Waals surface area contributed by atoms with Crippen molar-refractivity contribution >= 4 is 11.0 Å². The maximum absolute atomic E-state index is 5.95. The lowest BCUT2D eigenvalue weighted by Crippen LogP contribution is -2.01. The number of nitrogens with two attached hydrogens (primary N) is 1. The fraction of sp³-hybridized carbons (Fsp3) is 0.500. The van der Waals surface area contributed by atoms with Crippen LogP contribution in [0, 0.1) is 5.92 Å². The first kappa shape index (κ1) is 11.8. The van der Waals surface area contributed by atoms with Crippen LogP contribution in [-0.4, -0.2) is 0 Å². The second-order valence-corrected chi connectivity index (χ2v) is 5.78. The van der Waals surface area contributed by atoms with E-state index in [1.165, 1.54) is 41.3 Å². The average Bonchev–Trinajstić information content (AvgIpc) is 2.90. The van der Waals surface area contributed by atoms with Crippen LogP contribution in [0.25, 0.3) is 11.0 Å². The first-order valence-electron chi connectivity index (χ1n) is 6.95. The maximum Gasteiger partial charge on any atom is 0.134 e. The van der Waals surface area contributed by atoms with Crippen molar-refractivity contribution in [2.75, 3.05) is 0 Å². The Morgan fingerprint density at radius 1 is 1.22 bits per heavy atom. The second-order valence-electron chi connectivity index (χ2n) is 5.78. The van der Waals surface area contributed by atoms with Gasteiger partial charge in [-0.15, -0.1) is 0 Å². The lowest BCUT2D eigenvalue weighted by molar-refractivity contribution is 0.535. The van der Waals surface area contributed by atoms with Crippen LogP contribution < -0.4 is 5.73 Å². The Balaban J connectivity index is 2.18. The van der Waals surface area contributed by atoms with Crippen molar-refractivity contribution in [2.45, 2.75) is 46.1 Å². The molecule has 2 N–H and O–H groups in total. The molecular formula is C16H21NO. The Bertz CT molecular complexity index is 580. The lowest BCUT2D eigenvalue weighted by atomic mass is 9.98. The monoisotopic (exact) mass is 243 g/mol. The van der Waals surface area contributed by atoms with Crippen molar-refractivity contribution in [1.82, 2.24) is 0 Å². The molecule has 1 aliphatic carbocycles. The smallest absolute Gasteiger partial charge is 0.134 e. The highest BCUT2D eigenvalue weighted by Crippen LogP contribution is 2.33. The van der Waals surface area contributed by atoms with Gasteiger partial charge in [-0.1, -0.05) is 13.8 Å². The van der Waals surface area contributed by atoms with Crippen molar-refractivity contribution in [2.24, 2.45) is 11.7 Å². The van der Waals surface area contributed by atoms with E-state index in [9.17, 15) is 0 Å². The topological polar surface area (TPSA) is 39.2 Å². The summed E-state index contributed by atoms with van der Waals surface area (Å²) in [6.45, 7) is 4.99. The zero-order chi connectivity index (χ0) is 12.7. The molecular weight excluding hydrogens is 222 g/mol. The number of hydrogen-bond donors (Lipinski definition) is 1. The van der Waals surface area contributed by atoms with Crippen molar-refractivity contribution in [3.05, 3.63) is 34.6 Å². The number of benzene rings is 1. The third kappa shape index (κ3) is 1.85. The SMILES string of the molecule is CC(C)Cc1c(CN)oc2cc3c(cc12)CCC3. The molecule has 2 heteroatoms. The molecule has 0 saturated heterocycles. The predicted octanol–water partition coefficient (Wildman–Crippen LogP) is 3.58. The van der Waals surface area contributed by atoms with Gasteiger partial charge in [0.15, 0.2) is 0 Å². The van der Waals surface area contributed by atoms with Crippen molar-refractivity contribution < 1.29 is 4.42 Å². The Morgan fingerprint density at radius 3 is 2.61 bits per heavy atom. The van der Waals surface area contributed by atoms with E-state index < -0.39 is 0 Å². The van der Waals surface area contributed by atoms with Gasteiger partial charge in [-0.25, -0.2) is 0 Å². The van der Waals surface area contributed by atoms with Gasteiger partial charge < -0.3 is 10.2 Å². The number of aryl methyl sites for hydroxylation is 2. The first-order chi connectivity index (χ1) is 8.69. The molecule has 18 heavy (non-hydrogen) atoms. The molecule has 1 aromatic carbocycles.